The molecule has 0 saturated carbocycles. The summed E-state index contributed by atoms with van der Waals surface area (Å²) >= 11 is 5.39. The molecular formula is C10H12ClNO. The fourth-order valence-corrected chi connectivity index (χ4v) is 1.51. The molecule has 0 aromatic heterocycles. The van der Waals surface area contributed by atoms with Crippen molar-refractivity contribution in [3.8, 4) is 0 Å². The molecule has 0 saturated heterocycles. The van der Waals surface area contributed by atoms with Crippen molar-refractivity contribution in [2.24, 2.45) is 0 Å². The molecule has 0 heterocycles. The first-order valence-corrected chi connectivity index (χ1v) is 4.41. The first kappa shape index (κ1) is 10.1. The van der Waals surface area contributed by atoms with Crippen molar-refractivity contribution in [2.45, 2.75) is 13.8 Å². The summed E-state index contributed by atoms with van der Waals surface area (Å²) in [6, 6.07) is 5.87. The van der Waals surface area contributed by atoms with Gasteiger partial charge in [0.2, 0.25) is 0 Å². The Hall–Kier alpha value is -1.02. The Kier molecular flexibility index (Phi) is 2.94. The number of halogens is 1. The van der Waals surface area contributed by atoms with Gasteiger partial charge in [-0.3, -0.25) is 4.79 Å². The Labute approximate surface area is 83.1 Å². The molecule has 0 atom stereocenters. The van der Waals surface area contributed by atoms with Crippen LogP contribution in [0.4, 0.5) is 10.5 Å². The first-order chi connectivity index (χ1) is 6.04. The summed E-state index contributed by atoms with van der Waals surface area (Å²) in [5.41, 5.74) is 3.00. The average molecular weight is 198 g/mol. The van der Waals surface area contributed by atoms with Gasteiger partial charge >= 0.3 is 5.37 Å². The lowest BCUT2D eigenvalue weighted by Crippen LogP contribution is -2.21. The third-order valence-electron chi connectivity index (χ3n) is 2.04. The molecule has 3 heteroatoms. The molecule has 70 valence electrons. The molecule has 0 aliphatic carbocycles. The number of rotatable bonds is 1. The van der Waals surface area contributed by atoms with Crippen molar-refractivity contribution in [1.29, 1.82) is 0 Å². The van der Waals surface area contributed by atoms with Crippen molar-refractivity contribution < 1.29 is 4.79 Å². The number of amides is 1. The lowest BCUT2D eigenvalue weighted by atomic mass is 10.1. The Bertz CT molecular complexity index is 315. The van der Waals surface area contributed by atoms with Gasteiger partial charge < -0.3 is 4.90 Å². The summed E-state index contributed by atoms with van der Waals surface area (Å²) in [6.45, 7) is 3.91. The molecule has 1 aromatic rings. The molecule has 0 spiro atoms. The van der Waals surface area contributed by atoms with E-state index in [9.17, 15) is 4.79 Å². The summed E-state index contributed by atoms with van der Waals surface area (Å²) in [6.07, 6.45) is 0. The van der Waals surface area contributed by atoms with Crippen LogP contribution in [0.1, 0.15) is 11.1 Å². The van der Waals surface area contributed by atoms with Crippen LogP contribution in [0.2, 0.25) is 0 Å². The number of hydrogen-bond acceptors (Lipinski definition) is 1. The van der Waals surface area contributed by atoms with Crippen molar-refractivity contribution in [3.05, 3.63) is 29.3 Å². The predicted molar refractivity (Wildman–Crippen MR) is 55.6 cm³/mol. The topological polar surface area (TPSA) is 20.3 Å². The molecule has 0 radical (unpaired) electrons. The number of nitrogens with zero attached hydrogens (tertiary/aromatic N) is 1. The van der Waals surface area contributed by atoms with Gasteiger partial charge in [0.05, 0.1) is 5.69 Å². The number of hydrogen-bond donors (Lipinski definition) is 0. The molecule has 0 N–H and O–H groups in total. The van der Waals surface area contributed by atoms with Crippen molar-refractivity contribution >= 4 is 22.7 Å². The van der Waals surface area contributed by atoms with Crippen LogP contribution in [0, 0.1) is 13.8 Å². The van der Waals surface area contributed by atoms with E-state index in [0.29, 0.717) is 0 Å². The maximum atomic E-state index is 10.9. The fourth-order valence-electron chi connectivity index (χ4n) is 1.42. The van der Waals surface area contributed by atoms with E-state index < -0.39 is 5.37 Å². The second kappa shape index (κ2) is 3.79. The highest BCUT2D eigenvalue weighted by Gasteiger charge is 2.11. The van der Waals surface area contributed by atoms with Gasteiger partial charge in [0.1, 0.15) is 0 Å². The summed E-state index contributed by atoms with van der Waals surface area (Å²) in [5, 5.41) is -0.461. The summed E-state index contributed by atoms with van der Waals surface area (Å²) in [5.74, 6) is 0. The highest BCUT2D eigenvalue weighted by atomic mass is 35.5. The number of para-hydroxylation sites is 1. The molecule has 13 heavy (non-hydrogen) atoms. The maximum Gasteiger partial charge on any atom is 0.320 e. The quantitative estimate of drug-likeness (QED) is 0.501. The summed E-state index contributed by atoms with van der Waals surface area (Å²) in [4.78, 5) is 12.4. The molecule has 0 bridgehead atoms. The van der Waals surface area contributed by atoms with Crippen molar-refractivity contribution in [3.63, 3.8) is 0 Å². The Morgan fingerprint density at radius 3 is 2.15 bits per heavy atom. The minimum Gasteiger partial charge on any atom is -0.301 e. The normalized spacial score (nSPS) is 9.85. The number of carbonyl (C=O) groups is 1. The zero-order chi connectivity index (χ0) is 10.0. The Balaban J connectivity index is 3.20. The van der Waals surface area contributed by atoms with Gasteiger partial charge in [0.25, 0.3) is 0 Å². The van der Waals surface area contributed by atoms with Crippen LogP contribution in [-0.2, 0) is 0 Å². The molecule has 0 fully saturated rings. The monoisotopic (exact) mass is 197 g/mol. The standard InChI is InChI=1S/C10H12ClNO/c1-7-5-4-6-8(2)9(7)12(3)10(11)13/h4-6H,1-3H3. The van der Waals surface area contributed by atoms with Gasteiger partial charge in [0, 0.05) is 7.05 Å². The van der Waals surface area contributed by atoms with Crippen LogP contribution in [0.15, 0.2) is 18.2 Å². The highest BCUT2D eigenvalue weighted by molar-refractivity contribution is 6.66. The molecular weight excluding hydrogens is 186 g/mol. The average Bonchev–Trinajstić information content (AvgIpc) is 2.03. The van der Waals surface area contributed by atoms with E-state index in [2.05, 4.69) is 0 Å². The smallest absolute Gasteiger partial charge is 0.301 e. The predicted octanol–water partition coefficient (Wildman–Crippen LogP) is 3.10. The SMILES string of the molecule is Cc1cccc(C)c1N(C)C(=O)Cl. The lowest BCUT2D eigenvalue weighted by Gasteiger charge is -2.18. The fraction of sp³-hybridized carbons (Fsp3) is 0.300. The van der Waals surface area contributed by atoms with Crippen LogP contribution in [0.5, 0.6) is 0 Å². The third-order valence-corrected chi connectivity index (χ3v) is 2.29. The van der Waals surface area contributed by atoms with E-state index in [1.165, 1.54) is 4.90 Å². The van der Waals surface area contributed by atoms with Crippen LogP contribution in [-0.4, -0.2) is 12.4 Å². The van der Waals surface area contributed by atoms with E-state index in [4.69, 9.17) is 11.6 Å². The van der Waals surface area contributed by atoms with Crippen molar-refractivity contribution in [1.82, 2.24) is 0 Å². The van der Waals surface area contributed by atoms with E-state index in [-0.39, 0.29) is 0 Å². The summed E-state index contributed by atoms with van der Waals surface area (Å²) < 4.78 is 0. The van der Waals surface area contributed by atoms with E-state index in [1.807, 2.05) is 32.0 Å². The van der Waals surface area contributed by atoms with Gasteiger partial charge in [-0.05, 0) is 36.6 Å². The molecule has 1 rings (SSSR count). The largest absolute Gasteiger partial charge is 0.320 e. The van der Waals surface area contributed by atoms with Gasteiger partial charge in [0.15, 0.2) is 0 Å². The van der Waals surface area contributed by atoms with Crippen LogP contribution < -0.4 is 4.90 Å². The number of carbonyl (C=O) groups excluding carboxylic acids is 1. The second-order valence-corrected chi connectivity index (χ2v) is 3.38. The maximum absolute atomic E-state index is 10.9. The minimum atomic E-state index is -0.461. The van der Waals surface area contributed by atoms with Gasteiger partial charge in [-0.2, -0.15) is 0 Å². The molecule has 0 aliphatic rings. The lowest BCUT2D eigenvalue weighted by molar-refractivity contribution is 0.265. The van der Waals surface area contributed by atoms with Gasteiger partial charge in [-0.15, -0.1) is 0 Å². The van der Waals surface area contributed by atoms with Gasteiger partial charge in [-0.1, -0.05) is 18.2 Å². The molecule has 1 amide bonds. The Morgan fingerprint density at radius 1 is 1.31 bits per heavy atom. The van der Waals surface area contributed by atoms with E-state index in [0.717, 1.165) is 16.8 Å². The number of aryl methyl sites for hydroxylation is 2. The first-order valence-electron chi connectivity index (χ1n) is 4.03. The highest BCUT2D eigenvalue weighted by Crippen LogP contribution is 2.24. The number of benzene rings is 1. The summed E-state index contributed by atoms with van der Waals surface area (Å²) in [7, 11) is 1.67. The molecule has 0 unspecified atom stereocenters. The van der Waals surface area contributed by atoms with E-state index in [1.54, 1.807) is 7.05 Å². The number of anilines is 1. The van der Waals surface area contributed by atoms with Crippen LogP contribution in [0.25, 0.3) is 0 Å². The second-order valence-electron chi connectivity index (χ2n) is 3.05. The molecule has 1 aromatic carbocycles. The minimum absolute atomic E-state index is 0.461. The zero-order valence-corrected chi connectivity index (χ0v) is 8.72. The van der Waals surface area contributed by atoms with Gasteiger partial charge in [-0.25, -0.2) is 0 Å². The van der Waals surface area contributed by atoms with E-state index >= 15 is 0 Å². The van der Waals surface area contributed by atoms with Crippen LogP contribution in [0.3, 0.4) is 0 Å². The van der Waals surface area contributed by atoms with Crippen LogP contribution >= 0.6 is 11.6 Å². The Morgan fingerprint density at radius 2 is 1.77 bits per heavy atom. The van der Waals surface area contributed by atoms with Crippen molar-refractivity contribution in [2.75, 3.05) is 11.9 Å². The molecule has 2 nitrogen and oxygen atoms in total. The third kappa shape index (κ3) is 2.01. The molecule has 0 aliphatic heterocycles. The zero-order valence-electron chi connectivity index (χ0n) is 7.97.